The fourth-order valence-electron chi connectivity index (χ4n) is 4.27. The number of thiophene rings is 1. The largest absolute Gasteiger partial charge is 0.490 e. The summed E-state index contributed by atoms with van der Waals surface area (Å²) in [6, 6.07) is 15.6. The molecule has 168 valence electrons. The number of benzene rings is 2. The number of fused-ring (bicyclic) bond motifs is 1. The van der Waals surface area contributed by atoms with Crippen molar-refractivity contribution in [1.29, 1.82) is 0 Å². The Morgan fingerprint density at radius 3 is 2.62 bits per heavy atom. The minimum absolute atomic E-state index is 0.0909. The molecular weight excluding hydrogens is 437 g/mol. The van der Waals surface area contributed by atoms with E-state index in [-0.39, 0.29) is 12.8 Å². The molecule has 1 aliphatic carbocycles. The number of hydrogen-bond donors (Lipinski definition) is 0. The average molecular weight is 461 g/mol. The SMILES string of the molecule is C=CC(=O)OC1CCC(Oc2ccc3cc(-c4ccccc4CC)sc3c2)C1C(F)(F)F. The first kappa shape index (κ1) is 22.4. The van der Waals surface area contributed by atoms with E-state index >= 15 is 0 Å². The van der Waals surface area contributed by atoms with Crippen molar-refractivity contribution in [3.8, 4) is 16.2 Å². The van der Waals surface area contributed by atoms with Crippen LogP contribution in [0.1, 0.15) is 25.3 Å². The molecule has 0 spiro atoms. The maximum Gasteiger partial charge on any atom is 0.398 e. The molecule has 0 bridgehead atoms. The van der Waals surface area contributed by atoms with E-state index in [1.807, 2.05) is 18.2 Å². The van der Waals surface area contributed by atoms with Crippen LogP contribution in [-0.4, -0.2) is 24.4 Å². The van der Waals surface area contributed by atoms with E-state index in [4.69, 9.17) is 9.47 Å². The molecule has 0 saturated heterocycles. The lowest BCUT2D eigenvalue weighted by atomic mass is 10.0. The van der Waals surface area contributed by atoms with E-state index in [2.05, 4.69) is 31.7 Å². The first-order valence-corrected chi connectivity index (χ1v) is 11.3. The second-order valence-electron chi connectivity index (χ2n) is 7.80. The Morgan fingerprint density at radius 2 is 1.91 bits per heavy atom. The van der Waals surface area contributed by atoms with Gasteiger partial charge in [-0.1, -0.05) is 37.8 Å². The topological polar surface area (TPSA) is 35.5 Å². The van der Waals surface area contributed by atoms with Crippen molar-refractivity contribution in [1.82, 2.24) is 0 Å². The van der Waals surface area contributed by atoms with Gasteiger partial charge in [-0.2, -0.15) is 13.2 Å². The predicted molar refractivity (Wildman–Crippen MR) is 120 cm³/mol. The summed E-state index contributed by atoms with van der Waals surface area (Å²) >= 11 is 1.59. The second-order valence-corrected chi connectivity index (χ2v) is 8.89. The molecule has 1 aromatic heterocycles. The van der Waals surface area contributed by atoms with Crippen molar-refractivity contribution >= 4 is 27.4 Å². The zero-order valence-corrected chi connectivity index (χ0v) is 18.3. The highest BCUT2D eigenvalue weighted by molar-refractivity contribution is 7.22. The number of hydrogen-bond acceptors (Lipinski definition) is 4. The standard InChI is InChI=1S/C25H23F3O3S/c1-3-15-7-5-6-8-18(15)22-13-16-9-10-17(14-21(16)32-22)30-19-11-12-20(31-23(29)4-2)24(19)25(26,27)28/h4-10,13-14,19-20,24H,2-3,11-12H2,1H3. The highest BCUT2D eigenvalue weighted by Crippen LogP contribution is 2.43. The third-order valence-electron chi connectivity index (χ3n) is 5.79. The van der Waals surface area contributed by atoms with Gasteiger partial charge in [0.1, 0.15) is 23.9 Å². The van der Waals surface area contributed by atoms with Gasteiger partial charge < -0.3 is 9.47 Å². The molecular formula is C25H23F3O3S. The molecule has 1 fully saturated rings. The van der Waals surface area contributed by atoms with E-state index in [1.165, 1.54) is 11.1 Å². The van der Waals surface area contributed by atoms with Crippen molar-refractivity contribution in [2.24, 2.45) is 5.92 Å². The Bertz CT molecular complexity index is 1130. The number of rotatable bonds is 6. The summed E-state index contributed by atoms with van der Waals surface area (Å²) < 4.78 is 52.9. The number of carbonyl (C=O) groups excluding carboxylic acids is 1. The number of alkyl halides is 3. The highest BCUT2D eigenvalue weighted by atomic mass is 32.1. The molecule has 2 aromatic carbocycles. The number of halogens is 3. The van der Waals surface area contributed by atoms with Crippen molar-refractivity contribution in [2.45, 2.75) is 44.6 Å². The Hall–Kier alpha value is -2.80. The Labute approximate surface area is 188 Å². The first-order chi connectivity index (χ1) is 15.3. The Kier molecular flexibility index (Phi) is 6.29. The van der Waals surface area contributed by atoms with Gasteiger partial charge in [0.25, 0.3) is 0 Å². The van der Waals surface area contributed by atoms with Gasteiger partial charge in [0, 0.05) is 15.7 Å². The van der Waals surface area contributed by atoms with E-state index in [9.17, 15) is 18.0 Å². The summed E-state index contributed by atoms with van der Waals surface area (Å²) in [6.07, 6.45) is -4.90. The van der Waals surface area contributed by atoms with Crippen LogP contribution in [0.2, 0.25) is 0 Å². The van der Waals surface area contributed by atoms with Gasteiger partial charge in [0.05, 0.1) is 0 Å². The van der Waals surface area contributed by atoms with Crippen LogP contribution in [0.25, 0.3) is 20.5 Å². The second kappa shape index (κ2) is 8.98. The first-order valence-electron chi connectivity index (χ1n) is 10.5. The molecule has 3 aromatic rings. The van der Waals surface area contributed by atoms with Crippen LogP contribution in [-0.2, 0) is 16.0 Å². The summed E-state index contributed by atoms with van der Waals surface area (Å²) in [5.74, 6) is -2.35. The number of esters is 1. The lowest BCUT2D eigenvalue weighted by Gasteiger charge is -2.27. The van der Waals surface area contributed by atoms with Crippen molar-refractivity contribution in [3.63, 3.8) is 0 Å². The van der Waals surface area contributed by atoms with Gasteiger partial charge in [0.2, 0.25) is 0 Å². The van der Waals surface area contributed by atoms with Crippen LogP contribution in [0.15, 0.2) is 61.2 Å². The van der Waals surface area contributed by atoms with Gasteiger partial charge in [-0.3, -0.25) is 0 Å². The van der Waals surface area contributed by atoms with Gasteiger partial charge in [0.15, 0.2) is 0 Å². The summed E-state index contributed by atoms with van der Waals surface area (Å²) in [6.45, 7) is 5.36. The minimum atomic E-state index is -4.54. The molecule has 3 atom stereocenters. The summed E-state index contributed by atoms with van der Waals surface area (Å²) in [5.41, 5.74) is 2.41. The summed E-state index contributed by atoms with van der Waals surface area (Å²) in [4.78, 5) is 12.6. The molecule has 1 aliphatic rings. The van der Waals surface area contributed by atoms with Crippen LogP contribution in [0.3, 0.4) is 0 Å². The van der Waals surface area contributed by atoms with Gasteiger partial charge >= 0.3 is 12.1 Å². The van der Waals surface area contributed by atoms with Crippen molar-refractivity contribution in [2.75, 3.05) is 0 Å². The van der Waals surface area contributed by atoms with E-state index < -0.39 is 30.3 Å². The number of carbonyl (C=O) groups is 1. The molecule has 32 heavy (non-hydrogen) atoms. The molecule has 0 amide bonds. The Morgan fingerprint density at radius 1 is 1.16 bits per heavy atom. The van der Waals surface area contributed by atoms with Crippen LogP contribution in [0.5, 0.6) is 5.75 Å². The van der Waals surface area contributed by atoms with Crippen LogP contribution >= 0.6 is 11.3 Å². The van der Waals surface area contributed by atoms with Gasteiger partial charge in [-0.05, 0) is 60.0 Å². The van der Waals surface area contributed by atoms with E-state index in [0.717, 1.165) is 27.5 Å². The van der Waals surface area contributed by atoms with Crippen molar-refractivity contribution in [3.05, 3.63) is 66.7 Å². The van der Waals surface area contributed by atoms with Crippen molar-refractivity contribution < 1.29 is 27.4 Å². The highest BCUT2D eigenvalue weighted by Gasteiger charge is 2.55. The minimum Gasteiger partial charge on any atom is -0.490 e. The molecule has 3 unspecified atom stereocenters. The van der Waals surface area contributed by atoms with Crippen LogP contribution in [0.4, 0.5) is 13.2 Å². The zero-order chi connectivity index (χ0) is 22.9. The average Bonchev–Trinajstić information content (AvgIpc) is 3.37. The maximum absolute atomic E-state index is 13.7. The van der Waals surface area contributed by atoms with Crippen LogP contribution in [0, 0.1) is 5.92 Å². The van der Waals surface area contributed by atoms with E-state index in [0.29, 0.717) is 5.75 Å². The zero-order valence-electron chi connectivity index (χ0n) is 17.5. The summed E-state index contributed by atoms with van der Waals surface area (Å²) in [7, 11) is 0. The molecule has 1 saturated carbocycles. The number of aryl methyl sites for hydroxylation is 1. The summed E-state index contributed by atoms with van der Waals surface area (Å²) in [5, 5.41) is 1.01. The monoisotopic (exact) mass is 460 g/mol. The lowest BCUT2D eigenvalue weighted by Crippen LogP contribution is -2.41. The van der Waals surface area contributed by atoms with Gasteiger partial charge in [-0.25, -0.2) is 4.79 Å². The smallest absolute Gasteiger partial charge is 0.398 e. The molecule has 0 N–H and O–H groups in total. The quantitative estimate of drug-likeness (QED) is 0.295. The maximum atomic E-state index is 13.7. The number of ether oxygens (including phenoxy) is 2. The molecule has 4 rings (SSSR count). The molecule has 0 aliphatic heterocycles. The van der Waals surface area contributed by atoms with Crippen LogP contribution < -0.4 is 4.74 Å². The Balaban J connectivity index is 1.58. The lowest BCUT2D eigenvalue weighted by molar-refractivity contribution is -0.214. The normalized spacial score (nSPS) is 20.9. The molecule has 1 heterocycles. The molecule has 7 heteroatoms. The fraction of sp³-hybridized carbons (Fsp3) is 0.320. The fourth-order valence-corrected chi connectivity index (χ4v) is 5.42. The molecule has 0 radical (unpaired) electrons. The third-order valence-corrected chi connectivity index (χ3v) is 6.92. The van der Waals surface area contributed by atoms with E-state index in [1.54, 1.807) is 23.5 Å². The molecule has 3 nitrogen and oxygen atoms in total. The third kappa shape index (κ3) is 4.53. The predicted octanol–water partition coefficient (Wildman–Crippen LogP) is 6.95. The van der Waals surface area contributed by atoms with Gasteiger partial charge in [-0.15, -0.1) is 11.3 Å².